The van der Waals surface area contributed by atoms with Gasteiger partial charge in [-0.1, -0.05) is 413 Å². The topological polar surface area (TPSA) is 117 Å². The van der Waals surface area contributed by atoms with Crippen molar-refractivity contribution in [2.45, 2.75) is 5.41 Å². The third kappa shape index (κ3) is 13.3. The Bertz CT molecular complexity index is 9360. The van der Waals surface area contributed by atoms with Gasteiger partial charge in [0, 0.05) is 105 Å². The fraction of sp³-hybridized carbons (Fsp3) is 0.00775. The lowest BCUT2D eigenvalue weighted by Gasteiger charge is -2.30. The highest BCUT2D eigenvalue weighted by Gasteiger charge is 2.52. The number of hydrogen-bond donors (Lipinski definition) is 0. The highest BCUT2D eigenvalue weighted by molar-refractivity contribution is 6.33. The van der Waals surface area contributed by atoms with Crippen molar-refractivity contribution in [3.05, 3.63) is 514 Å². The molecule has 0 unspecified atom stereocenters. The van der Waals surface area contributed by atoms with Gasteiger partial charge in [0.05, 0.1) is 55.4 Å². The molecule has 0 atom stereocenters. The largest absolute Gasteiger partial charge is 0.309 e. The van der Waals surface area contributed by atoms with Gasteiger partial charge in [0.1, 0.15) is 0 Å². The number of hydrogen-bond acceptors (Lipinski definition) is 8. The molecular weight excluding hydrogens is 1700 g/mol. The van der Waals surface area contributed by atoms with E-state index in [1.165, 1.54) is 143 Å². The van der Waals surface area contributed by atoms with E-state index in [0.29, 0.717) is 40.8 Å². The molecule has 2 aliphatic carbocycles. The van der Waals surface area contributed by atoms with Crippen molar-refractivity contribution in [1.82, 2.24) is 53.4 Å². The van der Waals surface area contributed by atoms with Gasteiger partial charge < -0.3 is 13.5 Å². The molecule has 29 rings (SSSR count). The third-order valence-electron chi connectivity index (χ3n) is 28.1. The molecule has 0 aliphatic heterocycles. The molecule has 652 valence electrons. The summed E-state index contributed by atoms with van der Waals surface area (Å²) in [5.74, 6) is 4.61. The fourth-order valence-corrected chi connectivity index (χ4v) is 21.8. The molecule has 140 heavy (non-hydrogen) atoms. The van der Waals surface area contributed by atoms with E-state index in [2.05, 4.69) is 384 Å². The second kappa shape index (κ2) is 33.4. The predicted octanol–water partition coefficient (Wildman–Crippen LogP) is 31.7. The van der Waals surface area contributed by atoms with Crippen molar-refractivity contribution in [1.29, 1.82) is 0 Å². The van der Waals surface area contributed by atoms with Gasteiger partial charge >= 0.3 is 0 Å². The molecule has 11 nitrogen and oxygen atoms in total. The Morgan fingerprint density at radius 2 is 0.507 bits per heavy atom. The lowest BCUT2D eigenvalue weighted by atomic mass is 9.70. The van der Waals surface area contributed by atoms with Gasteiger partial charge in [-0.05, 0) is 145 Å². The van der Waals surface area contributed by atoms with Gasteiger partial charge in [-0.15, -0.1) is 0 Å². The molecule has 20 aromatic carbocycles. The van der Waals surface area contributed by atoms with Crippen molar-refractivity contribution in [2.24, 2.45) is 0 Å². The highest BCUT2D eigenvalue weighted by atomic mass is 15.1. The summed E-state index contributed by atoms with van der Waals surface area (Å²) in [6, 6.07) is 173. The smallest absolute Gasteiger partial charge is 0.164 e. The maximum absolute atomic E-state index is 5.16. The number of para-hydroxylation sites is 3. The maximum Gasteiger partial charge on any atom is 0.164 e. The lowest BCUT2D eigenvalue weighted by Crippen LogP contribution is -2.25. The molecular formula is C129H81N11. The van der Waals surface area contributed by atoms with E-state index in [9.17, 15) is 0 Å². The Kier molecular flexibility index (Phi) is 19.2. The molecule has 0 saturated heterocycles. The summed E-state index contributed by atoms with van der Waals surface area (Å²) in [6.07, 6.45) is 0. The number of rotatable bonds is 12. The second-order valence-corrected chi connectivity index (χ2v) is 35.9. The average molecular weight is 1790 g/mol. The number of fused-ring (bicyclic) bond motifs is 21. The maximum atomic E-state index is 5.16. The van der Waals surface area contributed by atoms with Crippen molar-refractivity contribution in [3.8, 4) is 147 Å². The minimum atomic E-state index is -0.430. The van der Waals surface area contributed by atoms with E-state index in [1.54, 1.807) is 0 Å². The van der Waals surface area contributed by atoms with Gasteiger partial charge in [-0.25, -0.2) is 39.9 Å². The predicted molar refractivity (Wildman–Crippen MR) is 573 cm³/mol. The van der Waals surface area contributed by atoms with Crippen LogP contribution in [0.3, 0.4) is 0 Å². The minimum absolute atomic E-state index is 0.430. The van der Waals surface area contributed by atoms with Crippen LogP contribution in [0.25, 0.3) is 239 Å². The Morgan fingerprint density at radius 3 is 1.04 bits per heavy atom. The molecule has 27 aromatic rings. The Balaban J connectivity index is 0.000000106. The van der Waals surface area contributed by atoms with Crippen molar-refractivity contribution in [3.63, 3.8) is 0 Å². The molecule has 11 heteroatoms. The van der Waals surface area contributed by atoms with Crippen LogP contribution in [0.15, 0.2) is 491 Å². The van der Waals surface area contributed by atoms with Crippen LogP contribution in [0, 0.1) is 0 Å². The summed E-state index contributed by atoms with van der Waals surface area (Å²) in [5.41, 5.74) is 33.5. The molecule has 2 aliphatic rings. The van der Waals surface area contributed by atoms with Gasteiger partial charge in [0.2, 0.25) is 0 Å². The van der Waals surface area contributed by atoms with Crippen LogP contribution in [-0.2, 0) is 5.41 Å². The standard InChI is InChI=1S/C46H29N3.C45H27N5.C38H25N3/c1-3-13-30(14-4-1)31-23-25-33(26-24-31)44-47-43(32-15-5-2-6-16-32)48-45(49-44)34-27-28-38-37-19-9-12-22-41(37)46(42(38)29-34)39-20-10-7-17-35(39)36-18-8-11-21-40(36)46;1-3-13-28(14-4-1)43-46-44(29-15-5-2-6-16-29)48-45(47-43)30-17-11-18-31(27-30)49-38-24-12-21-34-32-19-7-9-22-36(32)50-37-23-10-8-20-33(37)35-25-26-39(49)41(40(34)38)42(35)50;1-3-12-27(13-4-1)34-25-35(28-14-5-2-6-15-28)40-38(39-34)29-19-22-30(23-20-29)41-36-18-10-9-17-32(36)33-24-21-26-11-7-8-16-31(26)37(33)41/h1-29H;1-27H;1-25H. The van der Waals surface area contributed by atoms with Crippen LogP contribution in [-0.4, -0.2) is 53.4 Å². The van der Waals surface area contributed by atoms with E-state index in [-0.39, 0.29) is 0 Å². The summed E-state index contributed by atoms with van der Waals surface area (Å²) < 4.78 is 7.27. The monoisotopic (exact) mass is 1780 g/mol. The van der Waals surface area contributed by atoms with Gasteiger partial charge in [0.25, 0.3) is 0 Å². The summed E-state index contributed by atoms with van der Waals surface area (Å²) in [5, 5.41) is 12.5. The van der Waals surface area contributed by atoms with E-state index in [0.717, 1.165) is 78.4 Å². The van der Waals surface area contributed by atoms with E-state index < -0.39 is 5.41 Å². The summed E-state index contributed by atoms with van der Waals surface area (Å²) in [7, 11) is 0. The van der Waals surface area contributed by atoms with Crippen molar-refractivity contribution < 1.29 is 0 Å². The normalized spacial score (nSPS) is 12.2. The first kappa shape index (κ1) is 80.8. The number of benzene rings is 20. The quantitative estimate of drug-likeness (QED) is 0.119. The summed E-state index contributed by atoms with van der Waals surface area (Å²) >= 11 is 0. The van der Waals surface area contributed by atoms with Crippen molar-refractivity contribution in [2.75, 3.05) is 0 Å². The van der Waals surface area contributed by atoms with Crippen LogP contribution in [0.5, 0.6) is 0 Å². The zero-order valence-electron chi connectivity index (χ0n) is 75.7. The van der Waals surface area contributed by atoms with Crippen LogP contribution in [0.1, 0.15) is 22.3 Å². The molecule has 7 heterocycles. The average Bonchev–Trinajstić information content (AvgIpc) is 1.51. The fourth-order valence-electron chi connectivity index (χ4n) is 21.8. The Labute approximate surface area is 806 Å². The SMILES string of the molecule is c1ccc(-c2cc(-c3ccccc3)nc(-c3ccc(-n4c5ccccc5c5ccc6ccccc6c54)cc3)n2)cc1.c1ccc(-c2ccc(-c3nc(-c4ccccc4)nc(-c4ccc5c(c4)C4(c6ccccc6-c6ccccc64)c4ccccc4-5)n3)cc2)cc1.c1ccc(-c2nc(-c3ccccc3)nc(-c3cccc(-n4c5cccc6c7ccccc7n7c8ccccc8c8ccc4c(c65)c87)c3)n2)cc1. The molecule has 0 amide bonds. The van der Waals surface area contributed by atoms with Crippen LogP contribution < -0.4 is 0 Å². The molecule has 1 spiro atoms. The summed E-state index contributed by atoms with van der Waals surface area (Å²) in [6.45, 7) is 0. The third-order valence-corrected chi connectivity index (χ3v) is 28.1. The Morgan fingerprint density at radius 1 is 0.164 bits per heavy atom. The van der Waals surface area contributed by atoms with Crippen molar-refractivity contribution >= 4 is 92.5 Å². The first-order valence-electron chi connectivity index (χ1n) is 47.4. The van der Waals surface area contributed by atoms with Gasteiger partial charge in [-0.2, -0.15) is 0 Å². The molecule has 0 N–H and O–H groups in total. The Hall–Kier alpha value is -18.8. The molecule has 7 aromatic heterocycles. The minimum Gasteiger partial charge on any atom is -0.309 e. The molecule has 0 saturated carbocycles. The van der Waals surface area contributed by atoms with E-state index in [1.807, 2.05) is 121 Å². The zero-order chi connectivity index (χ0) is 92.3. The number of nitrogens with zero attached hydrogens (tertiary/aromatic N) is 11. The molecule has 0 radical (unpaired) electrons. The first-order valence-corrected chi connectivity index (χ1v) is 47.4. The first-order chi connectivity index (χ1) is 69.4. The van der Waals surface area contributed by atoms with E-state index in [4.69, 9.17) is 39.9 Å². The molecule has 0 fully saturated rings. The van der Waals surface area contributed by atoms with E-state index >= 15 is 0 Å². The second-order valence-electron chi connectivity index (χ2n) is 35.9. The lowest BCUT2D eigenvalue weighted by molar-refractivity contribution is 0.794. The van der Waals surface area contributed by atoms with Crippen LogP contribution in [0.2, 0.25) is 0 Å². The van der Waals surface area contributed by atoms with Crippen LogP contribution in [0.4, 0.5) is 0 Å². The van der Waals surface area contributed by atoms with Gasteiger partial charge in [-0.3, -0.25) is 0 Å². The summed E-state index contributed by atoms with van der Waals surface area (Å²) in [4.78, 5) is 40.3. The van der Waals surface area contributed by atoms with Gasteiger partial charge in [0.15, 0.2) is 40.8 Å². The van der Waals surface area contributed by atoms with Crippen LogP contribution >= 0.6 is 0 Å². The molecule has 0 bridgehead atoms. The highest BCUT2D eigenvalue weighted by Crippen LogP contribution is 2.63. The number of aromatic nitrogens is 11. The zero-order valence-corrected chi connectivity index (χ0v) is 75.7.